The zero-order chi connectivity index (χ0) is 13.7. The lowest BCUT2D eigenvalue weighted by molar-refractivity contribution is 0.0622. The van der Waals surface area contributed by atoms with E-state index in [1.807, 2.05) is 18.2 Å². The molecule has 1 aromatic carbocycles. The minimum absolute atomic E-state index is 0.354. The molecule has 0 radical (unpaired) electrons. The number of hydrogen-bond donors (Lipinski definition) is 2. The maximum Gasteiger partial charge on any atom is 0.0670 e. The van der Waals surface area contributed by atoms with Crippen molar-refractivity contribution in [2.75, 3.05) is 24.3 Å². The van der Waals surface area contributed by atoms with Crippen LogP contribution in [0.15, 0.2) is 18.2 Å². The number of hydrogen-bond acceptors (Lipinski definition) is 4. The Morgan fingerprint density at radius 1 is 1.47 bits per heavy atom. The van der Waals surface area contributed by atoms with Gasteiger partial charge in [0, 0.05) is 30.6 Å². The van der Waals surface area contributed by atoms with E-state index in [2.05, 4.69) is 18.3 Å². The molecule has 2 rings (SSSR count). The van der Waals surface area contributed by atoms with Crippen LogP contribution in [-0.4, -0.2) is 19.3 Å². The molecule has 1 aliphatic rings. The van der Waals surface area contributed by atoms with Gasteiger partial charge >= 0.3 is 0 Å². The summed E-state index contributed by atoms with van der Waals surface area (Å²) in [6.45, 7) is 3.92. The molecule has 4 nitrogen and oxygen atoms in total. The molecule has 102 valence electrons. The van der Waals surface area contributed by atoms with Crippen molar-refractivity contribution in [1.82, 2.24) is 0 Å². The molecule has 0 bridgehead atoms. The molecule has 0 saturated carbocycles. The van der Waals surface area contributed by atoms with Gasteiger partial charge in [-0.05, 0) is 49.4 Å². The molecule has 1 atom stereocenters. The molecule has 1 fully saturated rings. The number of ether oxygens (including phenoxy) is 1. The van der Waals surface area contributed by atoms with Crippen molar-refractivity contribution in [2.24, 2.45) is 5.92 Å². The standard InChI is InChI=1S/C15H21N3O/c1-11(12-5-8-19-9-6-12)18-14-2-3-15(17)13(10-14)4-7-16/h2-3,10-12,18H,4-6,8-9,17H2,1H3. The van der Waals surface area contributed by atoms with Crippen LogP contribution in [0.25, 0.3) is 0 Å². The summed E-state index contributed by atoms with van der Waals surface area (Å²) in [5.74, 6) is 0.644. The fraction of sp³-hybridized carbons (Fsp3) is 0.533. The van der Waals surface area contributed by atoms with Crippen molar-refractivity contribution >= 4 is 11.4 Å². The summed E-state index contributed by atoms with van der Waals surface area (Å²) in [5, 5.41) is 12.3. The molecule has 19 heavy (non-hydrogen) atoms. The van der Waals surface area contributed by atoms with Gasteiger partial charge in [-0.2, -0.15) is 5.26 Å². The summed E-state index contributed by atoms with van der Waals surface area (Å²) < 4.78 is 5.39. The second-order valence-corrected chi connectivity index (χ2v) is 5.13. The average Bonchev–Trinajstić information content (AvgIpc) is 2.44. The second kappa shape index (κ2) is 6.44. The van der Waals surface area contributed by atoms with Gasteiger partial charge in [-0.3, -0.25) is 0 Å². The number of nitrogen functional groups attached to an aromatic ring is 1. The van der Waals surface area contributed by atoms with Gasteiger partial charge in [-0.15, -0.1) is 0 Å². The Labute approximate surface area is 114 Å². The lowest BCUT2D eigenvalue weighted by Gasteiger charge is -2.29. The van der Waals surface area contributed by atoms with Crippen LogP contribution in [0.1, 0.15) is 25.3 Å². The van der Waals surface area contributed by atoms with Crippen molar-refractivity contribution in [1.29, 1.82) is 5.26 Å². The zero-order valence-electron chi connectivity index (χ0n) is 11.4. The number of nitriles is 1. The maximum atomic E-state index is 8.78. The Hall–Kier alpha value is -1.73. The summed E-state index contributed by atoms with van der Waals surface area (Å²) in [6.07, 6.45) is 2.56. The summed E-state index contributed by atoms with van der Waals surface area (Å²) in [4.78, 5) is 0. The lowest BCUT2D eigenvalue weighted by Crippen LogP contribution is -2.31. The van der Waals surface area contributed by atoms with E-state index in [4.69, 9.17) is 15.7 Å². The van der Waals surface area contributed by atoms with Gasteiger partial charge in [0.25, 0.3) is 0 Å². The highest BCUT2D eigenvalue weighted by Gasteiger charge is 2.20. The summed E-state index contributed by atoms with van der Waals surface area (Å²) >= 11 is 0. The first kappa shape index (κ1) is 13.7. The molecule has 4 heteroatoms. The Balaban J connectivity index is 2.01. The predicted molar refractivity (Wildman–Crippen MR) is 76.8 cm³/mol. The van der Waals surface area contributed by atoms with E-state index in [-0.39, 0.29) is 0 Å². The zero-order valence-corrected chi connectivity index (χ0v) is 11.4. The van der Waals surface area contributed by atoms with E-state index >= 15 is 0 Å². The van der Waals surface area contributed by atoms with Crippen LogP contribution in [0, 0.1) is 17.2 Å². The van der Waals surface area contributed by atoms with Gasteiger partial charge in [0.05, 0.1) is 12.5 Å². The van der Waals surface area contributed by atoms with Gasteiger partial charge in [0.15, 0.2) is 0 Å². The first-order valence-corrected chi connectivity index (χ1v) is 6.80. The fourth-order valence-corrected chi connectivity index (χ4v) is 2.53. The molecule has 0 spiro atoms. The van der Waals surface area contributed by atoms with Gasteiger partial charge < -0.3 is 15.8 Å². The largest absolute Gasteiger partial charge is 0.398 e. The number of anilines is 2. The molecule has 1 aliphatic heterocycles. The molecule has 3 N–H and O–H groups in total. The third kappa shape index (κ3) is 3.62. The van der Waals surface area contributed by atoms with E-state index in [0.717, 1.165) is 37.3 Å². The van der Waals surface area contributed by atoms with Crippen molar-refractivity contribution < 1.29 is 4.74 Å². The van der Waals surface area contributed by atoms with Gasteiger partial charge in [-0.1, -0.05) is 0 Å². The summed E-state index contributed by atoms with van der Waals surface area (Å²) in [5.41, 5.74) is 8.47. The topological polar surface area (TPSA) is 71.1 Å². The molecule has 0 amide bonds. The molecule has 0 aliphatic carbocycles. The number of nitrogens with zero attached hydrogens (tertiary/aromatic N) is 1. The van der Waals surface area contributed by atoms with E-state index in [9.17, 15) is 0 Å². The number of rotatable bonds is 4. The summed E-state index contributed by atoms with van der Waals surface area (Å²) in [7, 11) is 0. The van der Waals surface area contributed by atoms with Crippen LogP contribution < -0.4 is 11.1 Å². The molecule has 1 saturated heterocycles. The van der Waals surface area contributed by atoms with Crippen LogP contribution in [0.2, 0.25) is 0 Å². The third-order valence-corrected chi connectivity index (χ3v) is 3.78. The van der Waals surface area contributed by atoms with Crippen molar-refractivity contribution in [3.63, 3.8) is 0 Å². The minimum atomic E-state index is 0.354. The fourth-order valence-electron chi connectivity index (χ4n) is 2.53. The highest BCUT2D eigenvalue weighted by atomic mass is 16.5. The molecular weight excluding hydrogens is 238 g/mol. The number of nitrogens with two attached hydrogens (primary N) is 1. The minimum Gasteiger partial charge on any atom is -0.398 e. The van der Waals surface area contributed by atoms with Crippen LogP contribution in [0.3, 0.4) is 0 Å². The van der Waals surface area contributed by atoms with Crippen molar-refractivity contribution in [3.05, 3.63) is 23.8 Å². The highest BCUT2D eigenvalue weighted by molar-refractivity contribution is 5.58. The first-order valence-electron chi connectivity index (χ1n) is 6.80. The SMILES string of the molecule is CC(Nc1ccc(N)c(CC#N)c1)C1CCOCC1. The second-order valence-electron chi connectivity index (χ2n) is 5.13. The first-order chi connectivity index (χ1) is 9.20. The van der Waals surface area contributed by atoms with E-state index < -0.39 is 0 Å². The number of benzene rings is 1. The van der Waals surface area contributed by atoms with Crippen molar-refractivity contribution in [2.45, 2.75) is 32.2 Å². The van der Waals surface area contributed by atoms with Crippen LogP contribution in [-0.2, 0) is 11.2 Å². The predicted octanol–water partition coefficient (Wildman–Crippen LogP) is 2.56. The Morgan fingerprint density at radius 3 is 2.89 bits per heavy atom. The quantitative estimate of drug-likeness (QED) is 0.815. The maximum absolute atomic E-state index is 8.78. The molecule has 1 aromatic rings. The van der Waals surface area contributed by atoms with Crippen molar-refractivity contribution in [3.8, 4) is 6.07 Å². The average molecular weight is 259 g/mol. The molecule has 0 aromatic heterocycles. The van der Waals surface area contributed by atoms with E-state index in [1.165, 1.54) is 0 Å². The molecular formula is C15H21N3O. The third-order valence-electron chi connectivity index (χ3n) is 3.78. The lowest BCUT2D eigenvalue weighted by atomic mass is 9.92. The Morgan fingerprint density at radius 2 is 2.21 bits per heavy atom. The van der Waals surface area contributed by atoms with Gasteiger partial charge in [0.2, 0.25) is 0 Å². The smallest absolute Gasteiger partial charge is 0.0670 e. The van der Waals surface area contributed by atoms with Gasteiger partial charge in [0.1, 0.15) is 0 Å². The Bertz CT molecular complexity index is 461. The van der Waals surface area contributed by atoms with E-state index in [1.54, 1.807) is 0 Å². The van der Waals surface area contributed by atoms with Crippen LogP contribution in [0.4, 0.5) is 11.4 Å². The van der Waals surface area contributed by atoms with E-state index in [0.29, 0.717) is 24.1 Å². The van der Waals surface area contributed by atoms with Crippen LogP contribution >= 0.6 is 0 Å². The normalized spacial score (nSPS) is 17.7. The monoisotopic (exact) mass is 259 g/mol. The number of nitrogens with one attached hydrogen (secondary N) is 1. The molecule has 1 heterocycles. The van der Waals surface area contributed by atoms with Crippen LogP contribution in [0.5, 0.6) is 0 Å². The molecule has 1 unspecified atom stereocenters. The Kier molecular flexibility index (Phi) is 4.64. The highest BCUT2D eigenvalue weighted by Crippen LogP contribution is 2.24. The van der Waals surface area contributed by atoms with Gasteiger partial charge in [-0.25, -0.2) is 0 Å². The summed E-state index contributed by atoms with van der Waals surface area (Å²) in [6, 6.07) is 8.37.